The van der Waals surface area contributed by atoms with Gasteiger partial charge in [0.25, 0.3) is 0 Å². The van der Waals surface area contributed by atoms with Gasteiger partial charge >= 0.3 is 0 Å². The minimum Gasteiger partial charge on any atom is -0.497 e. The van der Waals surface area contributed by atoms with Gasteiger partial charge in [-0.15, -0.1) is 0 Å². The van der Waals surface area contributed by atoms with Crippen molar-refractivity contribution in [3.8, 4) is 5.75 Å². The molecule has 1 unspecified atom stereocenters. The molecule has 0 aliphatic rings. The van der Waals surface area contributed by atoms with Crippen molar-refractivity contribution in [2.45, 2.75) is 10.9 Å². The van der Waals surface area contributed by atoms with Gasteiger partial charge in [0, 0.05) is 12.6 Å². The Kier molecular flexibility index (Phi) is 5.93. The number of hydrogen-bond acceptors (Lipinski definition) is 4. The SMILES string of the molecule is COc1cccc(C(CNS(=O)(=O)c2ccc(F)cc2)N(C)C)c1. The average Bonchev–Trinajstić information content (AvgIpc) is 2.55. The van der Waals surface area contributed by atoms with Gasteiger partial charge in [-0.05, 0) is 56.1 Å². The van der Waals surface area contributed by atoms with Crippen LogP contribution in [0.4, 0.5) is 4.39 Å². The molecule has 7 heteroatoms. The Balaban J connectivity index is 2.17. The second-order valence-electron chi connectivity index (χ2n) is 5.56. The monoisotopic (exact) mass is 352 g/mol. The maximum absolute atomic E-state index is 13.0. The van der Waals surface area contributed by atoms with Gasteiger partial charge in [-0.2, -0.15) is 0 Å². The number of methoxy groups -OCH3 is 1. The Morgan fingerprint density at radius 1 is 1.17 bits per heavy atom. The van der Waals surface area contributed by atoms with Crippen molar-refractivity contribution in [3.05, 3.63) is 59.9 Å². The molecule has 0 aromatic heterocycles. The lowest BCUT2D eigenvalue weighted by atomic mass is 10.1. The molecule has 1 N–H and O–H groups in total. The molecule has 0 heterocycles. The second-order valence-corrected chi connectivity index (χ2v) is 7.33. The van der Waals surface area contributed by atoms with Crippen molar-refractivity contribution in [1.29, 1.82) is 0 Å². The lowest BCUT2D eigenvalue weighted by Crippen LogP contribution is -2.34. The van der Waals surface area contributed by atoms with Crippen LogP contribution in [0, 0.1) is 5.82 Å². The fourth-order valence-corrected chi connectivity index (χ4v) is 3.37. The van der Waals surface area contributed by atoms with Gasteiger partial charge in [0.05, 0.1) is 12.0 Å². The standard InChI is InChI=1S/C17H21FN2O3S/c1-20(2)17(13-5-4-6-15(11-13)23-3)12-19-24(21,22)16-9-7-14(18)8-10-16/h4-11,17,19H,12H2,1-3H3. The summed E-state index contributed by atoms with van der Waals surface area (Å²) >= 11 is 0. The van der Waals surface area contributed by atoms with Gasteiger partial charge in [0.1, 0.15) is 11.6 Å². The van der Waals surface area contributed by atoms with Crippen molar-refractivity contribution in [1.82, 2.24) is 9.62 Å². The van der Waals surface area contributed by atoms with Gasteiger partial charge in [-0.3, -0.25) is 0 Å². The molecule has 0 spiro atoms. The predicted octanol–water partition coefficient (Wildman–Crippen LogP) is 2.42. The van der Waals surface area contributed by atoms with E-state index in [0.29, 0.717) is 5.75 Å². The highest BCUT2D eigenvalue weighted by Gasteiger charge is 2.20. The fourth-order valence-electron chi connectivity index (χ4n) is 2.33. The van der Waals surface area contributed by atoms with Crippen molar-refractivity contribution in [3.63, 3.8) is 0 Å². The van der Waals surface area contributed by atoms with E-state index in [2.05, 4.69) is 4.72 Å². The van der Waals surface area contributed by atoms with E-state index in [-0.39, 0.29) is 17.5 Å². The number of likely N-dealkylation sites (N-methyl/N-ethyl adjacent to an activating group) is 1. The molecule has 2 aromatic carbocycles. The summed E-state index contributed by atoms with van der Waals surface area (Å²) in [5.41, 5.74) is 0.932. The number of nitrogens with zero attached hydrogens (tertiary/aromatic N) is 1. The Hall–Kier alpha value is -1.96. The molecule has 0 aliphatic carbocycles. The van der Waals surface area contributed by atoms with E-state index in [0.717, 1.165) is 17.7 Å². The minimum atomic E-state index is -3.70. The van der Waals surface area contributed by atoms with Crippen molar-refractivity contribution in [2.75, 3.05) is 27.7 Å². The molecule has 1 atom stereocenters. The first-order valence-corrected chi connectivity index (χ1v) is 8.87. The number of rotatable bonds is 7. The lowest BCUT2D eigenvalue weighted by Gasteiger charge is -2.25. The molecule has 5 nitrogen and oxygen atoms in total. The summed E-state index contributed by atoms with van der Waals surface area (Å²) in [6.07, 6.45) is 0. The molecule has 0 aliphatic heterocycles. The summed E-state index contributed by atoms with van der Waals surface area (Å²) in [4.78, 5) is 1.95. The largest absolute Gasteiger partial charge is 0.497 e. The molecule has 130 valence electrons. The second kappa shape index (κ2) is 7.74. The molecule has 0 radical (unpaired) electrons. The zero-order valence-electron chi connectivity index (χ0n) is 13.9. The molecule has 0 amide bonds. The summed E-state index contributed by atoms with van der Waals surface area (Å²) in [5, 5.41) is 0. The number of nitrogens with one attached hydrogen (secondary N) is 1. The van der Waals surface area contributed by atoms with Crippen LogP contribution < -0.4 is 9.46 Å². The molecule has 2 aromatic rings. The first-order chi connectivity index (χ1) is 11.3. The Bertz CT molecular complexity index is 777. The van der Waals surface area contributed by atoms with Crippen LogP contribution in [-0.4, -0.2) is 41.1 Å². The molecule has 0 bridgehead atoms. The van der Waals surface area contributed by atoms with E-state index in [1.54, 1.807) is 7.11 Å². The third-order valence-corrected chi connectivity index (χ3v) is 5.13. The smallest absolute Gasteiger partial charge is 0.240 e. The number of halogens is 1. The Morgan fingerprint density at radius 2 is 1.83 bits per heavy atom. The number of benzene rings is 2. The number of hydrogen-bond donors (Lipinski definition) is 1. The highest BCUT2D eigenvalue weighted by molar-refractivity contribution is 7.89. The maximum atomic E-state index is 13.0. The Morgan fingerprint density at radius 3 is 2.42 bits per heavy atom. The van der Waals surface area contributed by atoms with Crippen LogP contribution in [0.5, 0.6) is 5.75 Å². The predicted molar refractivity (Wildman–Crippen MR) is 91.0 cm³/mol. The molecule has 0 saturated heterocycles. The molecular formula is C17H21FN2O3S. The third kappa shape index (κ3) is 4.53. The molecule has 2 rings (SSSR count). The normalized spacial score (nSPS) is 13.0. The van der Waals surface area contributed by atoms with Crippen LogP contribution in [0.2, 0.25) is 0 Å². The van der Waals surface area contributed by atoms with Crippen LogP contribution in [0.3, 0.4) is 0 Å². The summed E-state index contributed by atoms with van der Waals surface area (Å²) in [7, 11) is 1.62. The van der Waals surface area contributed by atoms with E-state index in [9.17, 15) is 12.8 Å². The number of sulfonamides is 1. The minimum absolute atomic E-state index is 0.0343. The molecule has 24 heavy (non-hydrogen) atoms. The van der Waals surface area contributed by atoms with Gasteiger partial charge in [-0.1, -0.05) is 12.1 Å². The summed E-state index contributed by atoms with van der Waals surface area (Å²) in [6.45, 7) is 0.180. The van der Waals surface area contributed by atoms with Crippen LogP contribution in [-0.2, 0) is 10.0 Å². The zero-order valence-corrected chi connectivity index (χ0v) is 14.7. The highest BCUT2D eigenvalue weighted by atomic mass is 32.2. The van der Waals surface area contributed by atoms with Crippen molar-refractivity contribution in [2.24, 2.45) is 0 Å². The summed E-state index contributed by atoms with van der Waals surface area (Å²) < 4.78 is 45.4. The van der Waals surface area contributed by atoms with Crippen LogP contribution >= 0.6 is 0 Å². The maximum Gasteiger partial charge on any atom is 0.240 e. The van der Waals surface area contributed by atoms with Crippen LogP contribution in [0.1, 0.15) is 11.6 Å². The highest BCUT2D eigenvalue weighted by Crippen LogP contribution is 2.22. The zero-order chi connectivity index (χ0) is 17.7. The molecule has 0 saturated carbocycles. The first-order valence-electron chi connectivity index (χ1n) is 7.39. The summed E-state index contributed by atoms with van der Waals surface area (Å²) in [6, 6.07) is 12.0. The molecule has 0 fully saturated rings. The van der Waals surface area contributed by atoms with E-state index in [1.807, 2.05) is 43.3 Å². The summed E-state index contributed by atoms with van der Waals surface area (Å²) in [5.74, 6) is 0.234. The first kappa shape index (κ1) is 18.4. The third-order valence-electron chi connectivity index (χ3n) is 3.69. The topological polar surface area (TPSA) is 58.6 Å². The average molecular weight is 352 g/mol. The van der Waals surface area contributed by atoms with E-state index in [1.165, 1.54) is 12.1 Å². The van der Waals surface area contributed by atoms with Gasteiger partial charge in [0.15, 0.2) is 0 Å². The van der Waals surface area contributed by atoms with Crippen LogP contribution in [0.15, 0.2) is 53.4 Å². The van der Waals surface area contributed by atoms with Gasteiger partial charge < -0.3 is 9.64 Å². The lowest BCUT2D eigenvalue weighted by molar-refractivity contribution is 0.298. The Labute approximate surface area is 142 Å². The number of ether oxygens (including phenoxy) is 1. The van der Waals surface area contributed by atoms with Crippen molar-refractivity contribution >= 4 is 10.0 Å². The quantitative estimate of drug-likeness (QED) is 0.831. The van der Waals surface area contributed by atoms with Crippen LogP contribution in [0.25, 0.3) is 0 Å². The van der Waals surface area contributed by atoms with Crippen molar-refractivity contribution < 1.29 is 17.5 Å². The van der Waals surface area contributed by atoms with Gasteiger partial charge in [-0.25, -0.2) is 17.5 Å². The fraction of sp³-hybridized carbons (Fsp3) is 0.294. The van der Waals surface area contributed by atoms with E-state index < -0.39 is 15.8 Å². The molecular weight excluding hydrogens is 331 g/mol. The van der Waals surface area contributed by atoms with E-state index in [4.69, 9.17) is 4.74 Å². The van der Waals surface area contributed by atoms with Gasteiger partial charge in [0.2, 0.25) is 10.0 Å². The van der Waals surface area contributed by atoms with E-state index >= 15 is 0 Å².